The third kappa shape index (κ3) is 5.54. The molecule has 35 heavy (non-hydrogen) atoms. The van der Waals surface area contributed by atoms with Gasteiger partial charge in [-0.2, -0.15) is 0 Å². The zero-order chi connectivity index (χ0) is 24.8. The Labute approximate surface area is 203 Å². The minimum absolute atomic E-state index is 0.0229. The van der Waals surface area contributed by atoms with Crippen molar-refractivity contribution in [3.8, 4) is 0 Å². The van der Waals surface area contributed by atoms with Crippen LogP contribution < -0.4 is 10.2 Å². The summed E-state index contributed by atoms with van der Waals surface area (Å²) in [6.07, 6.45) is 0.784. The van der Waals surface area contributed by atoms with Crippen LogP contribution in [0.4, 0.5) is 10.1 Å². The largest absolute Gasteiger partial charge is 0.354 e. The van der Waals surface area contributed by atoms with Crippen LogP contribution >= 0.6 is 0 Å². The summed E-state index contributed by atoms with van der Waals surface area (Å²) in [6, 6.07) is 21.1. The number of anilines is 1. The number of amides is 2. The molecule has 0 spiro atoms. The van der Waals surface area contributed by atoms with Gasteiger partial charge in [0.1, 0.15) is 23.9 Å². The first-order valence-electron chi connectivity index (χ1n) is 11.6. The first kappa shape index (κ1) is 24.1. The Morgan fingerprint density at radius 3 is 2.40 bits per heavy atom. The average Bonchev–Trinajstić information content (AvgIpc) is 3.26. The van der Waals surface area contributed by atoms with E-state index in [2.05, 4.69) is 29.5 Å². The fourth-order valence-electron chi connectivity index (χ4n) is 3.94. The summed E-state index contributed by atoms with van der Waals surface area (Å²) in [6.45, 7) is 4.38. The number of para-hydroxylation sites is 2. The molecule has 1 heterocycles. The summed E-state index contributed by atoms with van der Waals surface area (Å²) in [5.74, 6) is -1.06. The van der Waals surface area contributed by atoms with Crippen LogP contribution in [0.25, 0.3) is 11.0 Å². The highest BCUT2D eigenvalue weighted by molar-refractivity contribution is 6.01. The normalized spacial score (nSPS) is 12.0. The molecule has 0 saturated carbocycles. The van der Waals surface area contributed by atoms with Crippen LogP contribution in [0.5, 0.6) is 0 Å². The maximum atomic E-state index is 15.1. The highest BCUT2D eigenvalue weighted by atomic mass is 19.1. The zero-order valence-corrected chi connectivity index (χ0v) is 19.8. The molecule has 0 radical (unpaired) electrons. The summed E-state index contributed by atoms with van der Waals surface area (Å²) in [4.78, 5) is 28.5. The minimum atomic E-state index is -1.07. The van der Waals surface area contributed by atoms with Crippen LogP contribution in [-0.2, 0) is 16.1 Å². The number of rotatable bonds is 9. The minimum Gasteiger partial charge on any atom is -0.354 e. The van der Waals surface area contributed by atoms with Gasteiger partial charge in [0.05, 0.1) is 11.2 Å². The quantitative estimate of drug-likeness (QED) is 0.388. The smallest absolute Gasteiger partial charge is 0.249 e. The number of carbonyl (C=O) groups is 2. The second-order valence-electron chi connectivity index (χ2n) is 8.74. The standard InChI is InChI=1S/C27H28FN5O2/c1-19(2)16-17-29-27(35)26(20-10-4-3-5-11-20)33(23-14-8-6-12-21(23)28)25(34)18-32-24-15-9-7-13-22(24)30-31-32/h3-15,19,26H,16-18H2,1-2H3,(H,29,35). The Morgan fingerprint density at radius 2 is 1.66 bits per heavy atom. The van der Waals surface area contributed by atoms with E-state index in [1.54, 1.807) is 42.5 Å². The third-order valence-corrected chi connectivity index (χ3v) is 5.73. The van der Waals surface area contributed by atoms with Crippen molar-refractivity contribution in [3.63, 3.8) is 0 Å². The van der Waals surface area contributed by atoms with Crippen molar-refractivity contribution in [2.45, 2.75) is 32.9 Å². The van der Waals surface area contributed by atoms with E-state index < -0.39 is 17.8 Å². The molecule has 2 amide bonds. The van der Waals surface area contributed by atoms with Gasteiger partial charge in [-0.25, -0.2) is 9.07 Å². The molecule has 1 N–H and O–H groups in total. The number of hydrogen-bond donors (Lipinski definition) is 1. The predicted molar refractivity (Wildman–Crippen MR) is 133 cm³/mol. The van der Waals surface area contributed by atoms with Gasteiger partial charge in [-0.3, -0.25) is 14.5 Å². The fourth-order valence-corrected chi connectivity index (χ4v) is 3.94. The molecule has 0 aliphatic heterocycles. The van der Waals surface area contributed by atoms with E-state index in [0.29, 0.717) is 29.1 Å². The Morgan fingerprint density at radius 1 is 0.971 bits per heavy atom. The molecule has 0 aliphatic carbocycles. The first-order valence-corrected chi connectivity index (χ1v) is 11.6. The molecular weight excluding hydrogens is 445 g/mol. The van der Waals surface area contributed by atoms with Crippen molar-refractivity contribution in [3.05, 3.63) is 90.2 Å². The highest BCUT2D eigenvalue weighted by Crippen LogP contribution is 2.30. The molecule has 3 aromatic carbocycles. The van der Waals surface area contributed by atoms with E-state index in [0.717, 1.165) is 6.42 Å². The maximum Gasteiger partial charge on any atom is 0.249 e. The van der Waals surface area contributed by atoms with Crippen molar-refractivity contribution in [1.29, 1.82) is 0 Å². The Hall–Kier alpha value is -4.07. The number of nitrogens with zero attached hydrogens (tertiary/aromatic N) is 4. The Balaban J connectivity index is 1.76. The fraction of sp³-hybridized carbons (Fsp3) is 0.259. The van der Waals surface area contributed by atoms with Crippen LogP contribution in [-0.4, -0.2) is 33.4 Å². The molecule has 4 aromatic rings. The number of fused-ring (bicyclic) bond motifs is 1. The molecule has 1 unspecified atom stereocenters. The second-order valence-corrected chi connectivity index (χ2v) is 8.74. The van der Waals surface area contributed by atoms with Crippen molar-refractivity contribution in [2.24, 2.45) is 5.92 Å². The molecule has 1 aromatic heterocycles. The molecule has 0 bridgehead atoms. The van der Waals surface area contributed by atoms with Gasteiger partial charge in [-0.1, -0.05) is 73.7 Å². The summed E-state index contributed by atoms with van der Waals surface area (Å²) in [5.41, 5.74) is 1.92. The van der Waals surface area contributed by atoms with Gasteiger partial charge in [0.25, 0.3) is 0 Å². The molecule has 1 atom stereocenters. The monoisotopic (exact) mass is 473 g/mol. The number of halogens is 1. The van der Waals surface area contributed by atoms with Crippen LogP contribution in [0.1, 0.15) is 31.9 Å². The van der Waals surface area contributed by atoms with Crippen LogP contribution in [0.3, 0.4) is 0 Å². The maximum absolute atomic E-state index is 15.1. The van der Waals surface area contributed by atoms with Gasteiger partial charge in [0.15, 0.2) is 0 Å². The molecule has 0 saturated heterocycles. The average molecular weight is 474 g/mol. The van der Waals surface area contributed by atoms with E-state index in [-0.39, 0.29) is 18.1 Å². The molecule has 7 nitrogen and oxygen atoms in total. The number of carbonyl (C=O) groups excluding carboxylic acids is 2. The van der Waals surface area contributed by atoms with Gasteiger partial charge >= 0.3 is 0 Å². The van der Waals surface area contributed by atoms with Gasteiger partial charge in [0.2, 0.25) is 11.8 Å². The summed E-state index contributed by atoms with van der Waals surface area (Å²) in [5, 5.41) is 11.1. The van der Waals surface area contributed by atoms with Crippen LogP contribution in [0.2, 0.25) is 0 Å². The lowest BCUT2D eigenvalue weighted by Gasteiger charge is -2.32. The number of benzene rings is 3. The van der Waals surface area contributed by atoms with Gasteiger partial charge in [0, 0.05) is 6.54 Å². The second kappa shape index (κ2) is 10.9. The predicted octanol–water partition coefficient (Wildman–Crippen LogP) is 4.51. The van der Waals surface area contributed by atoms with Gasteiger partial charge in [-0.15, -0.1) is 5.10 Å². The van der Waals surface area contributed by atoms with Gasteiger partial charge in [-0.05, 0) is 42.2 Å². The van der Waals surface area contributed by atoms with E-state index in [1.165, 1.54) is 21.7 Å². The molecule has 180 valence electrons. The van der Waals surface area contributed by atoms with E-state index in [1.807, 2.05) is 24.3 Å². The Kier molecular flexibility index (Phi) is 7.50. The van der Waals surface area contributed by atoms with Crippen molar-refractivity contribution in [1.82, 2.24) is 20.3 Å². The lowest BCUT2D eigenvalue weighted by Crippen LogP contribution is -2.46. The molecular formula is C27H28FN5O2. The summed E-state index contributed by atoms with van der Waals surface area (Å²) >= 11 is 0. The first-order chi connectivity index (χ1) is 17.0. The third-order valence-electron chi connectivity index (χ3n) is 5.73. The Bertz CT molecular complexity index is 1310. The topological polar surface area (TPSA) is 80.1 Å². The molecule has 0 aliphatic rings. The number of nitrogens with one attached hydrogen (secondary N) is 1. The van der Waals surface area contributed by atoms with Crippen molar-refractivity contribution in [2.75, 3.05) is 11.4 Å². The SMILES string of the molecule is CC(C)CCNC(=O)C(c1ccccc1)N(C(=O)Cn1nnc2ccccc21)c1ccccc1F. The van der Waals surface area contributed by atoms with Crippen LogP contribution in [0.15, 0.2) is 78.9 Å². The molecule has 8 heteroatoms. The highest BCUT2D eigenvalue weighted by Gasteiger charge is 2.34. The lowest BCUT2D eigenvalue weighted by atomic mass is 10.0. The summed E-state index contributed by atoms with van der Waals surface area (Å²) in [7, 11) is 0. The van der Waals surface area contributed by atoms with Crippen LogP contribution in [0, 0.1) is 11.7 Å². The van der Waals surface area contributed by atoms with Crippen molar-refractivity contribution >= 4 is 28.5 Å². The number of aromatic nitrogens is 3. The zero-order valence-electron chi connectivity index (χ0n) is 19.8. The molecule has 0 fully saturated rings. The molecule has 4 rings (SSSR count). The summed E-state index contributed by atoms with van der Waals surface area (Å²) < 4.78 is 16.5. The number of hydrogen-bond acceptors (Lipinski definition) is 4. The lowest BCUT2D eigenvalue weighted by molar-refractivity contribution is -0.127. The van der Waals surface area contributed by atoms with Crippen molar-refractivity contribution < 1.29 is 14.0 Å². The van der Waals surface area contributed by atoms with E-state index in [9.17, 15) is 9.59 Å². The van der Waals surface area contributed by atoms with Gasteiger partial charge < -0.3 is 5.32 Å². The van der Waals surface area contributed by atoms with E-state index in [4.69, 9.17) is 0 Å². The van der Waals surface area contributed by atoms with E-state index >= 15 is 4.39 Å².